The van der Waals surface area contributed by atoms with Gasteiger partial charge in [-0.25, -0.2) is 5.57 Å². The van der Waals surface area contributed by atoms with E-state index in [2.05, 4.69) is 40.7 Å². The second kappa shape index (κ2) is 4.53. The minimum atomic E-state index is -10.7. The average Bonchev–Trinajstić information content (AvgIpc) is 2.07. The zero-order valence-corrected chi connectivity index (χ0v) is 12.5. The van der Waals surface area contributed by atoms with Crippen molar-refractivity contribution in [1.82, 2.24) is 0 Å². The molecule has 0 aromatic carbocycles. The molecule has 1 rings (SSSR count). The van der Waals surface area contributed by atoms with E-state index < -0.39 is 7.81 Å². The average molecular weight is 339 g/mol. The molecule has 1 aliphatic rings. The van der Waals surface area contributed by atoms with Crippen molar-refractivity contribution in [3.63, 3.8) is 0 Å². The molecule has 0 saturated carbocycles. The van der Waals surface area contributed by atoms with Crippen LogP contribution in [0, 0.1) is 11.5 Å². The minimum Gasteiger partial charge on any atom is 2.00 e. The molecule has 0 spiro atoms. The smallest absolute Gasteiger partial charge is 2.00 e. The standard InChI is InChI=1S/C10H15.Co.F6P/c1-7-6-10(4,5)9(3)8(7)2;;1-7(2,3,4,5)6/h1-5H3;;/q-1;+2;-1. The number of rotatable bonds is 0. The molecule has 0 nitrogen and oxygen atoms in total. The summed E-state index contributed by atoms with van der Waals surface area (Å²) in [6.45, 7) is 10.9. The van der Waals surface area contributed by atoms with E-state index in [4.69, 9.17) is 0 Å². The fourth-order valence-electron chi connectivity index (χ4n) is 1.41. The first-order valence-corrected chi connectivity index (χ1v) is 6.79. The Balaban J connectivity index is 0. The number of halogens is 6. The fourth-order valence-corrected chi connectivity index (χ4v) is 1.41. The Labute approximate surface area is 113 Å². The summed E-state index contributed by atoms with van der Waals surface area (Å²) in [7, 11) is -10.7. The topological polar surface area (TPSA) is 0 Å². The van der Waals surface area contributed by atoms with Crippen LogP contribution < -0.4 is 0 Å². The van der Waals surface area contributed by atoms with Crippen LogP contribution in [0.3, 0.4) is 0 Å². The third-order valence-corrected chi connectivity index (χ3v) is 2.56. The molecule has 0 fully saturated rings. The first kappa shape index (κ1) is 20.3. The molecule has 111 valence electrons. The van der Waals surface area contributed by atoms with Crippen LogP contribution in [0.2, 0.25) is 0 Å². The van der Waals surface area contributed by atoms with Crippen molar-refractivity contribution < 1.29 is 42.0 Å². The van der Waals surface area contributed by atoms with Crippen molar-refractivity contribution in [1.29, 1.82) is 0 Å². The molecule has 18 heavy (non-hydrogen) atoms. The molecule has 0 aromatic rings. The quantitative estimate of drug-likeness (QED) is 0.269. The molecule has 1 radical (unpaired) electrons. The summed E-state index contributed by atoms with van der Waals surface area (Å²) in [5.74, 6) is 0. The van der Waals surface area contributed by atoms with E-state index in [0.29, 0.717) is 0 Å². The SMILES string of the molecule is CC1=[C-]C(C)(C)C(C)=C1C.F[P-](F)(F)(F)(F)F.[Co+2]. The van der Waals surface area contributed by atoms with Crippen LogP contribution >= 0.6 is 7.81 Å². The summed E-state index contributed by atoms with van der Waals surface area (Å²) >= 11 is 0. The van der Waals surface area contributed by atoms with Crippen molar-refractivity contribution in [2.75, 3.05) is 0 Å². The Hall–Kier alpha value is -0.00351. The minimum absolute atomic E-state index is 0. The molecule has 0 N–H and O–H groups in total. The van der Waals surface area contributed by atoms with Gasteiger partial charge in [0.05, 0.1) is 0 Å². The molecule has 8 heteroatoms. The van der Waals surface area contributed by atoms with Gasteiger partial charge in [-0.2, -0.15) is 11.1 Å². The van der Waals surface area contributed by atoms with Crippen LogP contribution in [-0.2, 0) is 16.8 Å². The predicted octanol–water partition coefficient (Wildman–Crippen LogP) is 6.49. The first-order chi connectivity index (χ1) is 6.90. The molecule has 0 heterocycles. The molecule has 0 amide bonds. The second-order valence-corrected chi connectivity index (χ2v) is 6.50. The maximum Gasteiger partial charge on any atom is 2.00 e. The third kappa shape index (κ3) is 9.97. The Morgan fingerprint density at radius 1 is 0.889 bits per heavy atom. The van der Waals surface area contributed by atoms with Gasteiger partial charge < -0.3 is 0 Å². The summed E-state index contributed by atoms with van der Waals surface area (Å²) in [5.41, 5.74) is 4.39. The van der Waals surface area contributed by atoms with E-state index in [9.17, 15) is 25.2 Å². The van der Waals surface area contributed by atoms with Gasteiger partial charge in [0.2, 0.25) is 0 Å². The molecule has 0 atom stereocenters. The van der Waals surface area contributed by atoms with Gasteiger partial charge in [-0.1, -0.05) is 33.1 Å². The maximum atomic E-state index is 9.87. The molecule has 0 aliphatic heterocycles. The molecule has 0 saturated heterocycles. The normalized spacial score (nSPS) is 22.1. The Morgan fingerprint density at radius 3 is 1.22 bits per heavy atom. The van der Waals surface area contributed by atoms with Crippen molar-refractivity contribution in [3.8, 4) is 0 Å². The zero-order valence-electron chi connectivity index (χ0n) is 10.5. The van der Waals surface area contributed by atoms with Gasteiger partial charge in [-0.3, -0.25) is 6.08 Å². The van der Waals surface area contributed by atoms with E-state index in [1.807, 2.05) is 0 Å². The monoisotopic (exact) mass is 339 g/mol. The molecule has 0 bridgehead atoms. The molecule has 0 unspecified atom stereocenters. The summed E-state index contributed by atoms with van der Waals surface area (Å²) < 4.78 is 59.2. The number of allylic oxidation sites excluding steroid dienone is 4. The van der Waals surface area contributed by atoms with Crippen LogP contribution in [0.5, 0.6) is 0 Å². The molecule has 1 aliphatic carbocycles. The zero-order chi connectivity index (χ0) is 14.3. The Kier molecular flexibility index (Phi) is 5.11. The third-order valence-electron chi connectivity index (χ3n) is 2.56. The van der Waals surface area contributed by atoms with E-state index >= 15 is 0 Å². The van der Waals surface area contributed by atoms with Gasteiger partial charge in [-0.05, 0) is 0 Å². The van der Waals surface area contributed by atoms with E-state index in [1.165, 1.54) is 16.7 Å². The number of hydrogen-bond donors (Lipinski definition) is 0. The summed E-state index contributed by atoms with van der Waals surface area (Å²) in [5, 5.41) is 0. The van der Waals surface area contributed by atoms with Gasteiger partial charge in [0.1, 0.15) is 0 Å². The largest absolute Gasteiger partial charge is 2.00 e. The van der Waals surface area contributed by atoms with Crippen molar-refractivity contribution in [3.05, 3.63) is 22.8 Å². The van der Waals surface area contributed by atoms with Crippen molar-refractivity contribution in [2.45, 2.75) is 34.6 Å². The van der Waals surface area contributed by atoms with Crippen LogP contribution in [-0.4, -0.2) is 0 Å². The van der Waals surface area contributed by atoms with Crippen LogP contribution in [0.15, 0.2) is 16.7 Å². The van der Waals surface area contributed by atoms with Gasteiger partial charge in [0, 0.05) is 0 Å². The molecular formula is C10H15CoF6P. The van der Waals surface area contributed by atoms with Crippen molar-refractivity contribution >= 4 is 7.81 Å². The number of hydrogen-bond acceptors (Lipinski definition) is 0. The van der Waals surface area contributed by atoms with E-state index in [1.54, 1.807) is 0 Å². The van der Waals surface area contributed by atoms with Crippen LogP contribution in [0.25, 0.3) is 0 Å². The first-order valence-electron chi connectivity index (χ1n) is 4.76. The van der Waals surface area contributed by atoms with Gasteiger partial charge in [0.25, 0.3) is 0 Å². The maximum absolute atomic E-state index is 10.7. The van der Waals surface area contributed by atoms with E-state index in [-0.39, 0.29) is 22.2 Å². The summed E-state index contributed by atoms with van der Waals surface area (Å²) in [6, 6.07) is 0. The molecule has 0 aromatic heterocycles. The van der Waals surface area contributed by atoms with Gasteiger partial charge in [-0.15, -0.1) is 6.92 Å². The summed E-state index contributed by atoms with van der Waals surface area (Å²) in [4.78, 5) is 0. The second-order valence-electron chi connectivity index (χ2n) is 4.58. The Bertz CT molecular complexity index is 375. The Morgan fingerprint density at radius 2 is 1.17 bits per heavy atom. The van der Waals surface area contributed by atoms with Gasteiger partial charge in [0.15, 0.2) is 0 Å². The summed E-state index contributed by atoms with van der Waals surface area (Å²) in [6.07, 6.45) is 3.44. The van der Waals surface area contributed by atoms with Crippen LogP contribution in [0.4, 0.5) is 25.2 Å². The van der Waals surface area contributed by atoms with E-state index in [0.717, 1.165) is 0 Å². The predicted molar refractivity (Wildman–Crippen MR) is 58.2 cm³/mol. The fraction of sp³-hybridized carbons (Fsp3) is 0.600. The molecular weight excluding hydrogens is 324 g/mol. The van der Waals surface area contributed by atoms with Gasteiger partial charge >= 0.3 is 49.8 Å². The van der Waals surface area contributed by atoms with Crippen molar-refractivity contribution in [2.24, 2.45) is 5.41 Å². The van der Waals surface area contributed by atoms with Crippen LogP contribution in [0.1, 0.15) is 34.6 Å².